The maximum Gasteiger partial charge on any atom is 0.249 e. The summed E-state index contributed by atoms with van der Waals surface area (Å²) in [6, 6.07) is 13.0. The molecule has 0 saturated heterocycles. The Morgan fingerprint density at radius 1 is 1.13 bits per heavy atom. The van der Waals surface area contributed by atoms with Crippen LogP contribution in [0.25, 0.3) is 22.4 Å². The predicted octanol–water partition coefficient (Wildman–Crippen LogP) is 3.91. The molecule has 0 aliphatic heterocycles. The molecule has 0 fully saturated rings. The highest BCUT2D eigenvalue weighted by Crippen LogP contribution is 2.31. The Hall–Kier alpha value is -3.81. The summed E-state index contributed by atoms with van der Waals surface area (Å²) in [5.74, 6) is 2.00. The summed E-state index contributed by atoms with van der Waals surface area (Å²) in [5, 5.41) is 12.0. The van der Waals surface area contributed by atoms with Crippen LogP contribution in [-0.2, 0) is 17.8 Å². The van der Waals surface area contributed by atoms with E-state index < -0.39 is 0 Å². The number of hydrogen-bond donors (Lipinski definition) is 1. The summed E-state index contributed by atoms with van der Waals surface area (Å²) in [6.45, 7) is 2.06. The summed E-state index contributed by atoms with van der Waals surface area (Å²) in [5.41, 5.74) is 2.24. The lowest BCUT2D eigenvalue weighted by Gasteiger charge is -2.12. The van der Waals surface area contributed by atoms with E-state index in [1.807, 2.05) is 42.0 Å². The number of carbonyl (C=O) groups excluding carboxylic acids is 1. The van der Waals surface area contributed by atoms with Crippen LogP contribution in [0, 0.1) is 0 Å². The van der Waals surface area contributed by atoms with E-state index in [-0.39, 0.29) is 12.5 Å². The molecule has 0 saturated carbocycles. The highest BCUT2D eigenvalue weighted by atomic mass is 16.5. The maximum atomic E-state index is 12.8. The molecule has 2 heterocycles. The first-order valence-electron chi connectivity index (χ1n) is 9.55. The molecule has 1 amide bonds. The van der Waals surface area contributed by atoms with Crippen LogP contribution in [0.3, 0.4) is 0 Å². The van der Waals surface area contributed by atoms with Crippen LogP contribution < -0.4 is 14.8 Å². The SMILES string of the molecule is CCc1nnc(-c2cn(CC(=O)Nc3cc(OC)ccc3OC)c3ccccc23)o1. The minimum Gasteiger partial charge on any atom is -0.497 e. The highest BCUT2D eigenvalue weighted by molar-refractivity contribution is 5.97. The van der Waals surface area contributed by atoms with Gasteiger partial charge in [-0.1, -0.05) is 25.1 Å². The van der Waals surface area contributed by atoms with Gasteiger partial charge >= 0.3 is 0 Å². The zero-order valence-electron chi connectivity index (χ0n) is 17.0. The Morgan fingerprint density at radius 2 is 1.97 bits per heavy atom. The fourth-order valence-electron chi connectivity index (χ4n) is 3.31. The Morgan fingerprint density at radius 3 is 2.70 bits per heavy atom. The number of aryl methyl sites for hydroxylation is 1. The Bertz CT molecular complexity index is 1200. The topological polar surface area (TPSA) is 91.4 Å². The smallest absolute Gasteiger partial charge is 0.249 e. The van der Waals surface area contributed by atoms with Gasteiger partial charge in [-0.25, -0.2) is 0 Å². The van der Waals surface area contributed by atoms with Crippen molar-refractivity contribution in [3.63, 3.8) is 0 Å². The zero-order chi connectivity index (χ0) is 21.1. The van der Waals surface area contributed by atoms with Gasteiger partial charge in [0.05, 0.1) is 25.5 Å². The number of carbonyl (C=O) groups is 1. The van der Waals surface area contributed by atoms with Crippen molar-refractivity contribution in [1.82, 2.24) is 14.8 Å². The summed E-state index contributed by atoms with van der Waals surface area (Å²) in [4.78, 5) is 12.8. The minimum atomic E-state index is -0.200. The number of aromatic nitrogens is 3. The molecule has 4 aromatic rings. The van der Waals surface area contributed by atoms with Crippen LogP contribution in [0.4, 0.5) is 5.69 Å². The summed E-state index contributed by atoms with van der Waals surface area (Å²) in [6.07, 6.45) is 2.52. The van der Waals surface area contributed by atoms with E-state index in [9.17, 15) is 4.79 Å². The molecule has 2 aromatic carbocycles. The van der Waals surface area contributed by atoms with Crippen LogP contribution in [0.15, 0.2) is 53.1 Å². The zero-order valence-corrected chi connectivity index (χ0v) is 17.0. The number of methoxy groups -OCH3 is 2. The lowest BCUT2D eigenvalue weighted by molar-refractivity contribution is -0.116. The fourth-order valence-corrected chi connectivity index (χ4v) is 3.31. The van der Waals surface area contributed by atoms with Crippen LogP contribution in [0.5, 0.6) is 11.5 Å². The lowest BCUT2D eigenvalue weighted by Crippen LogP contribution is -2.18. The van der Waals surface area contributed by atoms with Gasteiger partial charge in [-0.3, -0.25) is 4.79 Å². The quantitative estimate of drug-likeness (QED) is 0.500. The van der Waals surface area contributed by atoms with E-state index in [0.29, 0.717) is 35.4 Å². The van der Waals surface area contributed by atoms with Crippen LogP contribution in [0.1, 0.15) is 12.8 Å². The molecule has 1 N–H and O–H groups in total. The number of nitrogens with one attached hydrogen (secondary N) is 1. The highest BCUT2D eigenvalue weighted by Gasteiger charge is 2.17. The Balaban J connectivity index is 1.64. The monoisotopic (exact) mass is 406 g/mol. The largest absolute Gasteiger partial charge is 0.497 e. The number of hydrogen-bond acceptors (Lipinski definition) is 6. The molecule has 0 aliphatic rings. The summed E-state index contributed by atoms with van der Waals surface area (Å²) >= 11 is 0. The van der Waals surface area contributed by atoms with Crippen molar-refractivity contribution in [2.24, 2.45) is 0 Å². The minimum absolute atomic E-state index is 0.107. The number of para-hydroxylation sites is 1. The van der Waals surface area contributed by atoms with E-state index in [4.69, 9.17) is 13.9 Å². The number of anilines is 1. The van der Waals surface area contributed by atoms with Gasteiger partial charge in [-0.2, -0.15) is 0 Å². The first-order valence-corrected chi connectivity index (χ1v) is 9.55. The first kappa shape index (κ1) is 19.5. The van der Waals surface area contributed by atoms with E-state index in [1.165, 1.54) is 0 Å². The summed E-state index contributed by atoms with van der Waals surface area (Å²) < 4.78 is 18.2. The second-order valence-electron chi connectivity index (χ2n) is 6.66. The lowest BCUT2D eigenvalue weighted by atomic mass is 10.2. The number of benzene rings is 2. The van der Waals surface area contributed by atoms with Crippen LogP contribution in [0.2, 0.25) is 0 Å². The van der Waals surface area contributed by atoms with Crippen molar-refractivity contribution < 1.29 is 18.7 Å². The van der Waals surface area contributed by atoms with Crippen molar-refractivity contribution in [3.8, 4) is 23.0 Å². The van der Waals surface area contributed by atoms with Gasteiger partial charge in [-0.15, -0.1) is 10.2 Å². The van der Waals surface area contributed by atoms with Gasteiger partial charge in [0.2, 0.25) is 17.7 Å². The van der Waals surface area contributed by atoms with Crippen LogP contribution >= 0.6 is 0 Å². The molecule has 0 atom stereocenters. The number of nitrogens with zero attached hydrogens (tertiary/aromatic N) is 3. The molecule has 2 aromatic heterocycles. The third-order valence-corrected chi connectivity index (χ3v) is 4.78. The molecule has 8 nitrogen and oxygen atoms in total. The maximum absolute atomic E-state index is 12.8. The second-order valence-corrected chi connectivity index (χ2v) is 6.66. The molecule has 30 heavy (non-hydrogen) atoms. The molecule has 0 bridgehead atoms. The van der Waals surface area contributed by atoms with Gasteiger partial charge in [0, 0.05) is 29.6 Å². The second kappa shape index (κ2) is 8.28. The van der Waals surface area contributed by atoms with Gasteiger partial charge in [0.25, 0.3) is 0 Å². The van der Waals surface area contributed by atoms with Gasteiger partial charge in [-0.05, 0) is 18.2 Å². The van der Waals surface area contributed by atoms with Gasteiger partial charge in [0.1, 0.15) is 18.0 Å². The number of ether oxygens (including phenoxy) is 2. The average molecular weight is 406 g/mol. The van der Waals surface area contributed by atoms with Crippen molar-refractivity contribution in [2.75, 3.05) is 19.5 Å². The molecule has 0 spiro atoms. The molecule has 4 rings (SSSR count). The predicted molar refractivity (Wildman–Crippen MR) is 113 cm³/mol. The van der Waals surface area contributed by atoms with E-state index in [0.717, 1.165) is 16.5 Å². The molecule has 8 heteroatoms. The average Bonchev–Trinajstić information content (AvgIpc) is 3.38. The van der Waals surface area contributed by atoms with Crippen molar-refractivity contribution in [2.45, 2.75) is 19.9 Å². The first-order chi connectivity index (χ1) is 14.6. The van der Waals surface area contributed by atoms with Crippen molar-refractivity contribution in [3.05, 3.63) is 54.6 Å². The third-order valence-electron chi connectivity index (χ3n) is 4.78. The summed E-state index contributed by atoms with van der Waals surface area (Å²) in [7, 11) is 3.13. The van der Waals surface area contributed by atoms with Crippen molar-refractivity contribution in [1.29, 1.82) is 0 Å². The molecular weight excluding hydrogens is 384 g/mol. The molecule has 154 valence electrons. The van der Waals surface area contributed by atoms with Crippen molar-refractivity contribution >= 4 is 22.5 Å². The normalized spacial score (nSPS) is 10.9. The van der Waals surface area contributed by atoms with Gasteiger partial charge in [0.15, 0.2) is 0 Å². The Labute approximate surface area is 173 Å². The Kier molecular flexibility index (Phi) is 5.38. The number of rotatable bonds is 7. The van der Waals surface area contributed by atoms with E-state index in [1.54, 1.807) is 32.4 Å². The fraction of sp³-hybridized carbons (Fsp3) is 0.227. The molecule has 0 unspecified atom stereocenters. The standard InChI is InChI=1S/C22H22N4O4/c1-4-21-24-25-22(30-21)16-12-26(18-8-6-5-7-15(16)18)13-20(27)23-17-11-14(28-2)9-10-19(17)29-3/h5-12H,4,13H2,1-3H3,(H,23,27). The van der Waals surface area contributed by atoms with E-state index >= 15 is 0 Å². The van der Waals surface area contributed by atoms with Gasteiger partial charge < -0.3 is 23.8 Å². The number of amides is 1. The third kappa shape index (κ3) is 3.71. The molecule has 0 aliphatic carbocycles. The van der Waals surface area contributed by atoms with E-state index in [2.05, 4.69) is 15.5 Å². The number of fused-ring (bicyclic) bond motifs is 1. The van der Waals surface area contributed by atoms with Crippen LogP contribution in [-0.4, -0.2) is 34.9 Å². The molecule has 0 radical (unpaired) electrons. The molecular formula is C22H22N4O4.